The van der Waals surface area contributed by atoms with Gasteiger partial charge >= 0.3 is 0 Å². The smallest absolute Gasteiger partial charge is 0.226 e. The first-order chi connectivity index (χ1) is 14.1. The minimum Gasteiger partial charge on any atom is -0.496 e. The van der Waals surface area contributed by atoms with Crippen molar-refractivity contribution >= 4 is 36.4 Å². The van der Waals surface area contributed by atoms with Crippen molar-refractivity contribution in [1.82, 2.24) is 5.01 Å². The monoisotopic (exact) mass is 465 g/mol. The Morgan fingerprint density at radius 2 is 1.84 bits per heavy atom. The van der Waals surface area contributed by atoms with E-state index in [2.05, 4.69) is 36.4 Å². The van der Waals surface area contributed by atoms with Gasteiger partial charge in [-0.25, -0.2) is 5.01 Å². The number of aryl methyl sites for hydroxylation is 1. The Balaban J connectivity index is 0.00000171. The number of hydrogen-bond donors (Lipinski definition) is 1. The topological polar surface area (TPSA) is 58.8 Å². The number of carbonyl (C=O) groups excluding carboxylic acids is 1. The summed E-state index contributed by atoms with van der Waals surface area (Å²) in [5.41, 5.74) is 4.65. The van der Waals surface area contributed by atoms with Crippen LogP contribution in [-0.2, 0) is 17.6 Å². The third-order valence-electron chi connectivity index (χ3n) is 6.47. The van der Waals surface area contributed by atoms with Crippen LogP contribution >= 0.6 is 24.8 Å². The van der Waals surface area contributed by atoms with E-state index in [-0.39, 0.29) is 36.8 Å². The first-order valence-electron chi connectivity index (χ1n) is 10.6. The second-order valence-electron chi connectivity index (χ2n) is 8.30. The number of hydrogen-bond acceptors (Lipinski definition) is 4. The summed E-state index contributed by atoms with van der Waals surface area (Å²) in [4.78, 5) is 14.2. The Bertz CT molecular complexity index is 879. The summed E-state index contributed by atoms with van der Waals surface area (Å²) in [5.74, 6) is 7.96. The first-order valence-corrected chi connectivity index (χ1v) is 10.6. The molecule has 2 N–H and O–H groups in total. The van der Waals surface area contributed by atoms with Crippen LogP contribution in [0.2, 0.25) is 0 Å². The quantitative estimate of drug-likeness (QED) is 0.664. The number of anilines is 1. The number of carbonyl (C=O) groups is 1. The molecule has 5 nitrogen and oxygen atoms in total. The summed E-state index contributed by atoms with van der Waals surface area (Å²) in [5, 5.41) is 2.00. The normalized spacial score (nSPS) is 21.4. The first kappa shape index (κ1) is 25.5. The molecule has 1 fully saturated rings. The van der Waals surface area contributed by atoms with E-state index in [4.69, 9.17) is 10.6 Å². The van der Waals surface area contributed by atoms with E-state index in [0.717, 1.165) is 55.6 Å². The highest BCUT2D eigenvalue weighted by atomic mass is 35.5. The molecule has 2 aromatic carbocycles. The van der Waals surface area contributed by atoms with Crippen LogP contribution in [0.4, 0.5) is 5.69 Å². The lowest BCUT2D eigenvalue weighted by Crippen LogP contribution is -2.44. The second kappa shape index (κ2) is 11.2. The van der Waals surface area contributed by atoms with Crippen LogP contribution in [0.1, 0.15) is 48.4 Å². The van der Waals surface area contributed by atoms with Gasteiger partial charge in [-0.15, -0.1) is 24.8 Å². The lowest BCUT2D eigenvalue weighted by Gasteiger charge is -2.39. The zero-order chi connectivity index (χ0) is 20.4. The molecule has 0 aliphatic carbocycles. The van der Waals surface area contributed by atoms with Crippen molar-refractivity contribution in [3.8, 4) is 5.75 Å². The van der Waals surface area contributed by atoms with Gasteiger partial charge in [-0.2, -0.15) is 0 Å². The van der Waals surface area contributed by atoms with Crippen molar-refractivity contribution in [1.29, 1.82) is 0 Å². The minimum atomic E-state index is 0. The molecule has 0 aromatic heterocycles. The molecular formula is C24H33Cl2N3O2. The van der Waals surface area contributed by atoms with Crippen LogP contribution in [0.15, 0.2) is 42.5 Å². The summed E-state index contributed by atoms with van der Waals surface area (Å²) in [6, 6.07) is 15.1. The maximum Gasteiger partial charge on any atom is 0.226 e. The Kier molecular flexibility index (Phi) is 9.19. The fraction of sp³-hybridized carbons (Fsp3) is 0.458. The number of ether oxygens (including phenoxy) is 1. The summed E-state index contributed by atoms with van der Waals surface area (Å²) in [6.45, 7) is 0.911. The van der Waals surface area contributed by atoms with Gasteiger partial charge in [0.1, 0.15) is 5.75 Å². The number of amides is 1. The lowest BCUT2D eigenvalue weighted by molar-refractivity contribution is -0.118. The average molecular weight is 466 g/mol. The third kappa shape index (κ3) is 5.35. The third-order valence-corrected chi connectivity index (χ3v) is 6.47. The number of nitrogens with zero attached hydrogens (tertiary/aromatic N) is 2. The summed E-state index contributed by atoms with van der Waals surface area (Å²) in [6.07, 6.45) is 5.50. The standard InChI is InChI=1S/C24H31N3O2.2ClH/c1-26-21-15-20(22(29-2)16-18(21)10-6-12-23(26)28)14-19-11-7-13-27(25)24(19)17-8-4-3-5-9-17;;/h3-5,8-9,15-16,19,24H,6-7,10-14,25H2,1-2H3;2*1H/t19-,24+;;/m0../s1. The van der Waals surface area contributed by atoms with Crippen molar-refractivity contribution in [2.45, 2.75) is 44.6 Å². The molecule has 0 bridgehead atoms. The van der Waals surface area contributed by atoms with Gasteiger partial charge in [0.25, 0.3) is 0 Å². The molecule has 1 amide bonds. The van der Waals surface area contributed by atoms with E-state index in [1.807, 2.05) is 23.0 Å². The van der Waals surface area contributed by atoms with Gasteiger partial charge in [-0.05, 0) is 66.8 Å². The maximum atomic E-state index is 12.4. The van der Waals surface area contributed by atoms with E-state index in [1.54, 1.807) is 7.11 Å². The highest BCUT2D eigenvalue weighted by Crippen LogP contribution is 2.40. The van der Waals surface area contributed by atoms with Gasteiger partial charge in [0.05, 0.1) is 13.2 Å². The van der Waals surface area contributed by atoms with Crippen LogP contribution in [0, 0.1) is 5.92 Å². The number of rotatable bonds is 4. The molecule has 4 rings (SSSR count). The van der Waals surface area contributed by atoms with Crippen molar-refractivity contribution in [2.24, 2.45) is 11.8 Å². The average Bonchev–Trinajstić information content (AvgIpc) is 2.87. The number of benzene rings is 2. The number of piperidine rings is 1. The number of hydrazine groups is 1. The van der Waals surface area contributed by atoms with E-state index >= 15 is 0 Å². The minimum absolute atomic E-state index is 0. The summed E-state index contributed by atoms with van der Waals surface area (Å²) in [7, 11) is 3.62. The highest BCUT2D eigenvalue weighted by molar-refractivity contribution is 5.94. The van der Waals surface area contributed by atoms with Gasteiger partial charge in [0, 0.05) is 25.7 Å². The molecule has 2 aliphatic rings. The van der Waals surface area contributed by atoms with Crippen LogP contribution in [0.5, 0.6) is 5.75 Å². The van der Waals surface area contributed by atoms with Gasteiger partial charge in [-0.3, -0.25) is 10.6 Å². The predicted molar refractivity (Wildman–Crippen MR) is 130 cm³/mol. The largest absolute Gasteiger partial charge is 0.496 e. The van der Waals surface area contributed by atoms with Crippen LogP contribution in [0.3, 0.4) is 0 Å². The van der Waals surface area contributed by atoms with Gasteiger partial charge in [0.15, 0.2) is 0 Å². The molecule has 2 aromatic rings. The van der Waals surface area contributed by atoms with E-state index in [0.29, 0.717) is 12.3 Å². The number of methoxy groups -OCH3 is 1. The molecule has 1 saturated heterocycles. The van der Waals surface area contributed by atoms with Crippen molar-refractivity contribution in [3.05, 3.63) is 59.2 Å². The Hall–Kier alpha value is -1.79. The molecular weight excluding hydrogens is 433 g/mol. The Morgan fingerprint density at radius 3 is 2.55 bits per heavy atom. The molecule has 0 saturated carbocycles. The molecule has 0 spiro atoms. The van der Waals surface area contributed by atoms with Gasteiger partial charge < -0.3 is 9.64 Å². The summed E-state index contributed by atoms with van der Waals surface area (Å²) >= 11 is 0. The molecule has 2 atom stereocenters. The van der Waals surface area contributed by atoms with Gasteiger partial charge in [-0.1, -0.05) is 30.3 Å². The van der Waals surface area contributed by atoms with Crippen LogP contribution < -0.4 is 15.5 Å². The van der Waals surface area contributed by atoms with Crippen molar-refractivity contribution in [2.75, 3.05) is 25.6 Å². The molecule has 7 heteroatoms. The molecule has 0 radical (unpaired) electrons. The van der Waals surface area contributed by atoms with E-state index in [9.17, 15) is 4.79 Å². The SMILES string of the molecule is COc1cc2c(cc1C[C@@H]1CCCN(N)[C@@H]1c1ccccc1)N(C)C(=O)CCC2.Cl.Cl. The van der Waals surface area contributed by atoms with Crippen LogP contribution in [-0.4, -0.2) is 31.6 Å². The maximum absolute atomic E-state index is 12.4. The van der Waals surface area contributed by atoms with Crippen molar-refractivity contribution in [3.63, 3.8) is 0 Å². The zero-order valence-corrected chi connectivity index (χ0v) is 19.9. The fourth-order valence-electron chi connectivity index (χ4n) is 4.96. The molecule has 2 heterocycles. The highest BCUT2D eigenvalue weighted by Gasteiger charge is 2.32. The number of halogens is 2. The Labute approximate surface area is 197 Å². The number of nitrogens with two attached hydrogens (primary N) is 1. The molecule has 0 unspecified atom stereocenters. The summed E-state index contributed by atoms with van der Waals surface area (Å²) < 4.78 is 5.78. The van der Waals surface area contributed by atoms with Gasteiger partial charge in [0.2, 0.25) is 5.91 Å². The molecule has 2 aliphatic heterocycles. The predicted octanol–water partition coefficient (Wildman–Crippen LogP) is 4.71. The second-order valence-corrected chi connectivity index (χ2v) is 8.30. The molecule has 170 valence electrons. The lowest BCUT2D eigenvalue weighted by atomic mass is 9.81. The zero-order valence-electron chi connectivity index (χ0n) is 18.3. The molecule has 31 heavy (non-hydrogen) atoms. The Morgan fingerprint density at radius 1 is 1.10 bits per heavy atom. The van der Waals surface area contributed by atoms with E-state index in [1.165, 1.54) is 11.1 Å². The number of fused-ring (bicyclic) bond motifs is 1. The van der Waals surface area contributed by atoms with E-state index < -0.39 is 0 Å². The van der Waals surface area contributed by atoms with Crippen LogP contribution in [0.25, 0.3) is 0 Å². The fourth-order valence-corrected chi connectivity index (χ4v) is 4.96. The van der Waals surface area contributed by atoms with Crippen molar-refractivity contribution < 1.29 is 9.53 Å².